The van der Waals surface area contributed by atoms with Gasteiger partial charge >= 0.3 is 5.97 Å². The van der Waals surface area contributed by atoms with Crippen LogP contribution in [0, 0.1) is 0 Å². The van der Waals surface area contributed by atoms with Crippen molar-refractivity contribution in [1.82, 2.24) is 0 Å². The second-order valence-corrected chi connectivity index (χ2v) is 7.27. The lowest BCUT2D eigenvalue weighted by Crippen LogP contribution is -2.15. The maximum absolute atomic E-state index is 12.0. The van der Waals surface area contributed by atoms with E-state index in [-0.39, 0.29) is 18.8 Å². The molecular weight excluding hydrogens is 342 g/mol. The second-order valence-electron chi connectivity index (χ2n) is 5.52. The lowest BCUT2D eigenvalue weighted by molar-refractivity contribution is -0.142. The monoisotopic (exact) mass is 361 g/mol. The van der Waals surface area contributed by atoms with E-state index in [0.717, 1.165) is 11.8 Å². The molecule has 132 valence electrons. The summed E-state index contributed by atoms with van der Waals surface area (Å²) >= 11 is 0. The van der Waals surface area contributed by atoms with Gasteiger partial charge in [-0.25, -0.2) is 8.42 Å². The molecule has 6 nitrogen and oxygen atoms in total. The zero-order valence-electron chi connectivity index (χ0n) is 13.8. The molecule has 0 spiro atoms. The fourth-order valence-corrected chi connectivity index (χ4v) is 2.70. The molecule has 0 aliphatic rings. The Balaban J connectivity index is 1.80. The van der Waals surface area contributed by atoms with Gasteiger partial charge in [0.1, 0.15) is 0 Å². The summed E-state index contributed by atoms with van der Waals surface area (Å²) in [6.07, 6.45) is 1.80. The van der Waals surface area contributed by atoms with Crippen molar-refractivity contribution in [2.75, 3.05) is 17.6 Å². The van der Waals surface area contributed by atoms with E-state index in [2.05, 4.69) is 4.72 Å². The minimum Gasteiger partial charge on any atom is -0.457 e. The van der Waals surface area contributed by atoms with Crippen LogP contribution in [0.5, 0.6) is 0 Å². The number of anilines is 1. The molecule has 0 bridgehead atoms. The molecule has 25 heavy (non-hydrogen) atoms. The fourth-order valence-electron chi connectivity index (χ4n) is 2.13. The summed E-state index contributed by atoms with van der Waals surface area (Å²) in [5.74, 6) is -0.786. The van der Waals surface area contributed by atoms with Crippen LogP contribution < -0.4 is 4.72 Å². The zero-order chi connectivity index (χ0) is 18.3. The summed E-state index contributed by atoms with van der Waals surface area (Å²) in [5, 5.41) is 0. The molecule has 0 saturated carbocycles. The molecule has 1 N–H and O–H groups in total. The standard InChI is InChI=1S/C18H19NO5S/c1-25(22,23)19-16-10-8-15(9-11-16)17(20)13-24-18(21)12-7-14-5-3-2-4-6-14/h2-6,8-11,19H,7,12-13H2,1H3. The number of ketones is 1. The van der Waals surface area contributed by atoms with E-state index < -0.39 is 16.0 Å². The number of carbonyl (C=O) groups excluding carboxylic acids is 2. The molecule has 2 aromatic rings. The number of nitrogens with one attached hydrogen (secondary N) is 1. The molecular formula is C18H19NO5S. The molecule has 7 heteroatoms. The van der Waals surface area contributed by atoms with Gasteiger partial charge < -0.3 is 4.74 Å². The predicted octanol–water partition coefficient (Wildman–Crippen LogP) is 2.42. The lowest BCUT2D eigenvalue weighted by atomic mass is 10.1. The Kier molecular flexibility index (Phi) is 6.30. The van der Waals surface area contributed by atoms with Gasteiger partial charge in [0.15, 0.2) is 12.4 Å². The van der Waals surface area contributed by atoms with Crippen LogP contribution >= 0.6 is 0 Å². The summed E-state index contributed by atoms with van der Waals surface area (Å²) in [7, 11) is -3.37. The number of carbonyl (C=O) groups is 2. The average Bonchev–Trinajstić information content (AvgIpc) is 2.58. The van der Waals surface area contributed by atoms with E-state index in [9.17, 15) is 18.0 Å². The van der Waals surface area contributed by atoms with Crippen molar-refractivity contribution >= 4 is 27.5 Å². The Bertz CT molecular complexity index is 830. The Morgan fingerprint density at radius 3 is 2.24 bits per heavy atom. The number of rotatable bonds is 8. The van der Waals surface area contributed by atoms with Crippen LogP contribution in [0.2, 0.25) is 0 Å². The zero-order valence-corrected chi connectivity index (χ0v) is 14.6. The molecule has 0 atom stereocenters. The number of hydrogen-bond donors (Lipinski definition) is 1. The van der Waals surface area contributed by atoms with Gasteiger partial charge in [0.2, 0.25) is 10.0 Å². The summed E-state index contributed by atoms with van der Waals surface area (Å²) in [6, 6.07) is 15.4. The second kappa shape index (κ2) is 8.43. The van der Waals surface area contributed by atoms with Crippen LogP contribution in [-0.2, 0) is 26.0 Å². The fraction of sp³-hybridized carbons (Fsp3) is 0.222. The Hall–Kier alpha value is -2.67. The maximum Gasteiger partial charge on any atom is 0.306 e. The van der Waals surface area contributed by atoms with Crippen molar-refractivity contribution in [3.05, 3.63) is 65.7 Å². The minimum absolute atomic E-state index is 0.203. The Morgan fingerprint density at radius 2 is 1.64 bits per heavy atom. The van der Waals surface area contributed by atoms with E-state index in [0.29, 0.717) is 17.7 Å². The normalized spacial score (nSPS) is 10.9. The highest BCUT2D eigenvalue weighted by Crippen LogP contribution is 2.12. The number of Topliss-reactive ketones (excluding diaryl/α,β-unsaturated/α-hetero) is 1. The number of esters is 1. The van der Waals surface area contributed by atoms with E-state index in [1.165, 1.54) is 24.3 Å². The summed E-state index contributed by atoms with van der Waals surface area (Å²) in [4.78, 5) is 23.7. The first kappa shape index (κ1) is 18.7. The molecule has 0 aliphatic carbocycles. The van der Waals surface area contributed by atoms with Crippen LogP contribution in [0.3, 0.4) is 0 Å². The van der Waals surface area contributed by atoms with Gasteiger partial charge in [0.05, 0.1) is 6.26 Å². The van der Waals surface area contributed by atoms with Gasteiger partial charge in [-0.3, -0.25) is 14.3 Å². The van der Waals surface area contributed by atoms with Gasteiger partial charge in [-0.1, -0.05) is 30.3 Å². The molecule has 2 aromatic carbocycles. The number of hydrogen-bond acceptors (Lipinski definition) is 5. The summed E-state index contributed by atoms with van der Waals surface area (Å²) in [5.41, 5.74) is 1.73. The maximum atomic E-state index is 12.0. The lowest BCUT2D eigenvalue weighted by Gasteiger charge is -2.06. The Labute approximate surface area is 146 Å². The number of benzene rings is 2. The van der Waals surface area contributed by atoms with Crippen LogP contribution in [0.15, 0.2) is 54.6 Å². The molecule has 0 aromatic heterocycles. The molecule has 0 aliphatic heterocycles. The molecule has 2 rings (SSSR count). The van der Waals surface area contributed by atoms with Crippen LogP contribution in [0.4, 0.5) is 5.69 Å². The SMILES string of the molecule is CS(=O)(=O)Nc1ccc(C(=O)COC(=O)CCc2ccccc2)cc1. The molecule has 0 saturated heterocycles. The largest absolute Gasteiger partial charge is 0.457 e. The van der Waals surface area contributed by atoms with Crippen LogP contribution in [0.1, 0.15) is 22.3 Å². The smallest absolute Gasteiger partial charge is 0.306 e. The van der Waals surface area contributed by atoms with Crippen molar-refractivity contribution in [3.63, 3.8) is 0 Å². The van der Waals surface area contributed by atoms with Crippen molar-refractivity contribution in [2.45, 2.75) is 12.8 Å². The Morgan fingerprint density at radius 1 is 1.00 bits per heavy atom. The van der Waals surface area contributed by atoms with Crippen molar-refractivity contribution in [1.29, 1.82) is 0 Å². The molecule has 0 fully saturated rings. The van der Waals surface area contributed by atoms with Crippen LogP contribution in [0.25, 0.3) is 0 Å². The molecule has 0 unspecified atom stereocenters. The quantitative estimate of drug-likeness (QED) is 0.576. The third-order valence-electron chi connectivity index (χ3n) is 3.33. The number of aryl methyl sites for hydroxylation is 1. The molecule has 0 heterocycles. The van der Waals surface area contributed by atoms with E-state index in [1.807, 2.05) is 30.3 Å². The highest BCUT2D eigenvalue weighted by molar-refractivity contribution is 7.92. The van der Waals surface area contributed by atoms with Crippen molar-refractivity contribution in [2.24, 2.45) is 0 Å². The third-order valence-corrected chi connectivity index (χ3v) is 3.94. The van der Waals surface area contributed by atoms with Crippen molar-refractivity contribution < 1.29 is 22.7 Å². The average molecular weight is 361 g/mol. The predicted molar refractivity (Wildman–Crippen MR) is 95.0 cm³/mol. The van der Waals surface area contributed by atoms with Gasteiger partial charge in [0, 0.05) is 17.7 Å². The first-order valence-electron chi connectivity index (χ1n) is 7.64. The highest BCUT2D eigenvalue weighted by atomic mass is 32.2. The summed E-state index contributed by atoms with van der Waals surface area (Å²) < 4.78 is 29.5. The highest BCUT2D eigenvalue weighted by Gasteiger charge is 2.11. The topological polar surface area (TPSA) is 89.5 Å². The minimum atomic E-state index is -3.37. The van der Waals surface area contributed by atoms with Crippen molar-refractivity contribution in [3.8, 4) is 0 Å². The van der Waals surface area contributed by atoms with Gasteiger partial charge in [0.25, 0.3) is 0 Å². The molecule has 0 radical (unpaired) electrons. The van der Waals surface area contributed by atoms with E-state index >= 15 is 0 Å². The third kappa shape index (κ3) is 6.76. The first-order valence-corrected chi connectivity index (χ1v) is 9.53. The number of ether oxygens (including phenoxy) is 1. The summed E-state index contributed by atoms with van der Waals surface area (Å²) in [6.45, 7) is -0.341. The van der Waals surface area contributed by atoms with Crippen LogP contribution in [-0.4, -0.2) is 33.0 Å². The van der Waals surface area contributed by atoms with Gasteiger partial charge in [-0.05, 0) is 36.2 Å². The first-order chi connectivity index (χ1) is 11.8. The molecule has 0 amide bonds. The van der Waals surface area contributed by atoms with E-state index in [4.69, 9.17) is 4.74 Å². The van der Waals surface area contributed by atoms with E-state index in [1.54, 1.807) is 0 Å². The van der Waals surface area contributed by atoms with Gasteiger partial charge in [-0.2, -0.15) is 0 Å². The number of sulfonamides is 1. The van der Waals surface area contributed by atoms with Gasteiger partial charge in [-0.15, -0.1) is 0 Å².